The van der Waals surface area contributed by atoms with Crippen molar-refractivity contribution in [2.75, 3.05) is 13.2 Å². The van der Waals surface area contributed by atoms with Crippen molar-refractivity contribution in [2.45, 2.75) is 46.0 Å². The van der Waals surface area contributed by atoms with Crippen molar-refractivity contribution in [3.05, 3.63) is 5.53 Å². The molecule has 2 saturated carbocycles. The van der Waals surface area contributed by atoms with E-state index in [0.29, 0.717) is 12.8 Å². The van der Waals surface area contributed by atoms with E-state index in [0.717, 1.165) is 12.8 Å². The van der Waals surface area contributed by atoms with Crippen LogP contribution in [0.5, 0.6) is 0 Å². The van der Waals surface area contributed by atoms with Gasteiger partial charge in [0.1, 0.15) is 0 Å². The minimum atomic E-state index is -1.59. The van der Waals surface area contributed by atoms with E-state index in [1.165, 1.54) is 0 Å². The number of fused-ring (bicyclic) bond motifs is 1. The summed E-state index contributed by atoms with van der Waals surface area (Å²) < 4.78 is 10.3. The maximum atomic E-state index is 12.7. The molecule has 0 heterocycles. The van der Waals surface area contributed by atoms with Gasteiger partial charge in [0.15, 0.2) is 5.41 Å². The van der Waals surface area contributed by atoms with Crippen LogP contribution in [0.3, 0.4) is 0 Å². The normalized spacial score (nSPS) is 26.0. The Morgan fingerprint density at radius 1 is 1.17 bits per heavy atom. The average molecular weight is 322 g/mol. The summed E-state index contributed by atoms with van der Waals surface area (Å²) in [5, 5.41) is 0. The number of esters is 2. The van der Waals surface area contributed by atoms with Gasteiger partial charge in [-0.25, -0.2) is 0 Å². The fourth-order valence-corrected chi connectivity index (χ4v) is 3.87. The zero-order valence-corrected chi connectivity index (χ0v) is 13.5. The first kappa shape index (κ1) is 17.3. The zero-order chi connectivity index (χ0) is 17.0. The molecule has 0 spiro atoms. The quantitative estimate of drug-likeness (QED) is 0.338. The second-order valence-corrected chi connectivity index (χ2v) is 6.00. The molecule has 0 saturated heterocycles. The molecule has 0 aromatic rings. The molecule has 0 aromatic carbocycles. The minimum Gasteiger partial charge on any atom is -0.465 e. The Balaban J connectivity index is 2.55. The van der Waals surface area contributed by atoms with E-state index in [9.17, 15) is 19.9 Å². The van der Waals surface area contributed by atoms with Crippen LogP contribution in [0.1, 0.15) is 46.0 Å². The molecule has 2 fully saturated rings. The third-order valence-corrected chi connectivity index (χ3v) is 4.87. The molecule has 2 rings (SSSR count). The maximum Gasteiger partial charge on any atom is 0.336 e. The highest BCUT2D eigenvalue weighted by Gasteiger charge is 2.65. The summed E-state index contributed by atoms with van der Waals surface area (Å²) in [5.74, 6) is -2.63. The molecule has 0 radical (unpaired) electrons. The van der Waals surface area contributed by atoms with E-state index in [2.05, 4.69) is 4.79 Å². The van der Waals surface area contributed by atoms with Gasteiger partial charge in [-0.15, -0.1) is 0 Å². The SMILES string of the molecule is CCOC(=O)C1(C(=O)OCC)CC(=[N+]=[N-])C(=O)C2CCCCC21. The third kappa shape index (κ3) is 2.81. The van der Waals surface area contributed by atoms with Crippen molar-refractivity contribution in [1.29, 1.82) is 0 Å². The molecular formula is C16H22N2O5. The van der Waals surface area contributed by atoms with E-state index >= 15 is 0 Å². The summed E-state index contributed by atoms with van der Waals surface area (Å²) in [5.41, 5.74) is 7.44. The predicted octanol–water partition coefficient (Wildman–Crippen LogP) is 1.55. The lowest BCUT2D eigenvalue weighted by atomic mass is 9.56. The summed E-state index contributed by atoms with van der Waals surface area (Å²) in [6.07, 6.45) is 2.56. The number of hydrogen-bond acceptors (Lipinski definition) is 5. The monoisotopic (exact) mass is 322 g/mol. The number of carbonyl (C=O) groups is 3. The Kier molecular flexibility index (Phi) is 5.31. The van der Waals surface area contributed by atoms with Crippen LogP contribution in [-0.4, -0.2) is 41.4 Å². The van der Waals surface area contributed by atoms with Crippen LogP contribution in [0.15, 0.2) is 0 Å². The van der Waals surface area contributed by atoms with Gasteiger partial charge >= 0.3 is 17.7 Å². The van der Waals surface area contributed by atoms with E-state index in [4.69, 9.17) is 9.47 Å². The van der Waals surface area contributed by atoms with Crippen LogP contribution in [0.4, 0.5) is 0 Å². The number of Topliss-reactive ketones (excluding diaryl/α,β-unsaturated/α-hetero) is 1. The van der Waals surface area contributed by atoms with Crippen molar-refractivity contribution in [2.24, 2.45) is 17.3 Å². The third-order valence-electron chi connectivity index (χ3n) is 4.87. The van der Waals surface area contributed by atoms with Gasteiger partial charge in [-0.05, 0) is 32.6 Å². The average Bonchev–Trinajstić information content (AvgIpc) is 2.56. The molecule has 0 aromatic heterocycles. The van der Waals surface area contributed by atoms with Crippen LogP contribution in [-0.2, 0) is 23.9 Å². The topological polar surface area (TPSA) is 106 Å². The van der Waals surface area contributed by atoms with E-state index in [1.807, 2.05) is 0 Å². The fraction of sp³-hybridized carbons (Fsp3) is 0.750. The Hall–Kier alpha value is -2.01. The molecular weight excluding hydrogens is 300 g/mol. The van der Waals surface area contributed by atoms with Crippen LogP contribution in [0, 0.1) is 17.3 Å². The fourth-order valence-electron chi connectivity index (χ4n) is 3.87. The van der Waals surface area contributed by atoms with Gasteiger partial charge in [0.25, 0.3) is 0 Å². The summed E-state index contributed by atoms with van der Waals surface area (Å²) >= 11 is 0. The number of nitrogens with zero attached hydrogens (tertiary/aromatic N) is 2. The van der Waals surface area contributed by atoms with Crippen LogP contribution in [0.25, 0.3) is 5.53 Å². The molecule has 2 atom stereocenters. The molecule has 7 heteroatoms. The Bertz CT molecular complexity index is 547. The molecule has 0 aliphatic heterocycles. The predicted molar refractivity (Wildman–Crippen MR) is 79.4 cm³/mol. The first-order valence-electron chi connectivity index (χ1n) is 8.12. The second-order valence-electron chi connectivity index (χ2n) is 6.00. The van der Waals surface area contributed by atoms with Crippen molar-refractivity contribution in [3.8, 4) is 0 Å². The molecule has 126 valence electrons. The molecule has 23 heavy (non-hydrogen) atoms. The van der Waals surface area contributed by atoms with Gasteiger partial charge in [-0.2, -0.15) is 4.79 Å². The van der Waals surface area contributed by atoms with Crippen molar-refractivity contribution in [1.82, 2.24) is 0 Å². The lowest BCUT2D eigenvalue weighted by molar-refractivity contribution is -0.182. The van der Waals surface area contributed by atoms with Gasteiger partial charge in [0.2, 0.25) is 5.78 Å². The number of ether oxygens (including phenoxy) is 2. The molecule has 0 N–H and O–H groups in total. The lowest BCUT2D eigenvalue weighted by Gasteiger charge is -2.43. The second kappa shape index (κ2) is 7.04. The molecule has 2 unspecified atom stereocenters. The van der Waals surface area contributed by atoms with Gasteiger partial charge in [-0.3, -0.25) is 14.4 Å². The van der Waals surface area contributed by atoms with Gasteiger partial charge in [0, 0.05) is 5.92 Å². The Labute approximate surface area is 134 Å². The molecule has 0 amide bonds. The summed E-state index contributed by atoms with van der Waals surface area (Å²) in [4.78, 5) is 40.9. The summed E-state index contributed by atoms with van der Waals surface area (Å²) in [7, 11) is 0. The molecule has 0 bridgehead atoms. The van der Waals surface area contributed by atoms with Crippen molar-refractivity contribution in [3.63, 3.8) is 0 Å². The van der Waals surface area contributed by atoms with Gasteiger partial charge < -0.3 is 15.0 Å². The van der Waals surface area contributed by atoms with Crippen LogP contribution >= 0.6 is 0 Å². The Morgan fingerprint density at radius 2 is 1.74 bits per heavy atom. The van der Waals surface area contributed by atoms with Crippen molar-refractivity contribution < 1.29 is 28.6 Å². The van der Waals surface area contributed by atoms with Crippen LogP contribution < -0.4 is 0 Å². The standard InChI is InChI=1S/C16H22N2O5/c1-3-22-14(20)16(15(21)23-4-2)9-12(18-17)13(19)10-7-5-6-8-11(10)16/h10-11H,3-9H2,1-2H3. The number of rotatable bonds is 4. The number of carbonyl (C=O) groups excluding carboxylic acids is 3. The zero-order valence-electron chi connectivity index (χ0n) is 13.5. The first-order chi connectivity index (χ1) is 11.0. The first-order valence-corrected chi connectivity index (χ1v) is 8.12. The maximum absolute atomic E-state index is 12.7. The smallest absolute Gasteiger partial charge is 0.336 e. The van der Waals surface area contributed by atoms with E-state index in [1.54, 1.807) is 13.8 Å². The largest absolute Gasteiger partial charge is 0.465 e. The van der Waals surface area contributed by atoms with E-state index < -0.39 is 29.2 Å². The van der Waals surface area contributed by atoms with E-state index in [-0.39, 0.29) is 31.1 Å². The Morgan fingerprint density at radius 3 is 2.26 bits per heavy atom. The van der Waals surface area contributed by atoms with Crippen molar-refractivity contribution >= 4 is 23.4 Å². The summed E-state index contributed by atoms with van der Waals surface area (Å²) in [6.45, 7) is 3.56. The highest BCUT2D eigenvalue weighted by atomic mass is 16.6. The van der Waals surface area contributed by atoms with Gasteiger partial charge in [0.05, 0.1) is 19.6 Å². The highest BCUT2D eigenvalue weighted by Crippen LogP contribution is 2.50. The highest BCUT2D eigenvalue weighted by molar-refractivity contribution is 6.40. The molecule has 2 aliphatic carbocycles. The van der Waals surface area contributed by atoms with Crippen LogP contribution in [0.2, 0.25) is 0 Å². The van der Waals surface area contributed by atoms with Gasteiger partial charge in [-0.1, -0.05) is 12.8 Å². The summed E-state index contributed by atoms with van der Waals surface area (Å²) in [6, 6.07) is 0. The minimum absolute atomic E-state index is 0.122. The molecule has 7 nitrogen and oxygen atoms in total. The number of hydrogen-bond donors (Lipinski definition) is 0. The lowest BCUT2D eigenvalue weighted by Crippen LogP contribution is -2.58. The molecule has 2 aliphatic rings. The number of ketones is 1.